The standard InChI is InChI=1S/C14H20FNO/c1-3-16-14(10-5-4-6-10)11-7-8-13(17-2)12(15)9-11/h7-10,14,16H,3-6H2,1-2H3. The summed E-state index contributed by atoms with van der Waals surface area (Å²) in [4.78, 5) is 0. The van der Waals surface area contributed by atoms with E-state index in [9.17, 15) is 4.39 Å². The number of benzene rings is 1. The molecule has 0 bridgehead atoms. The van der Waals surface area contributed by atoms with Gasteiger partial charge in [0.05, 0.1) is 7.11 Å². The Bertz CT molecular complexity index is 376. The molecular weight excluding hydrogens is 217 g/mol. The number of hydrogen-bond donors (Lipinski definition) is 1. The van der Waals surface area contributed by atoms with Crippen LogP contribution in [-0.4, -0.2) is 13.7 Å². The van der Waals surface area contributed by atoms with Gasteiger partial charge < -0.3 is 10.1 Å². The van der Waals surface area contributed by atoms with Crippen LogP contribution in [0.25, 0.3) is 0 Å². The maximum absolute atomic E-state index is 13.7. The first kappa shape index (κ1) is 12.4. The minimum Gasteiger partial charge on any atom is -0.494 e. The molecule has 3 heteroatoms. The summed E-state index contributed by atoms with van der Waals surface area (Å²) in [5.74, 6) is 0.701. The van der Waals surface area contributed by atoms with E-state index in [0.29, 0.717) is 11.7 Å². The van der Waals surface area contributed by atoms with Gasteiger partial charge in [-0.2, -0.15) is 0 Å². The molecule has 0 radical (unpaired) electrons. The molecule has 0 aromatic heterocycles. The van der Waals surface area contributed by atoms with E-state index in [-0.39, 0.29) is 11.9 Å². The Hall–Kier alpha value is -1.09. The quantitative estimate of drug-likeness (QED) is 0.848. The van der Waals surface area contributed by atoms with Gasteiger partial charge in [-0.05, 0) is 43.0 Å². The van der Waals surface area contributed by atoms with Gasteiger partial charge in [-0.15, -0.1) is 0 Å². The topological polar surface area (TPSA) is 21.3 Å². The molecule has 94 valence electrons. The van der Waals surface area contributed by atoms with Crippen molar-refractivity contribution >= 4 is 0 Å². The Morgan fingerprint density at radius 2 is 2.24 bits per heavy atom. The lowest BCUT2D eigenvalue weighted by Crippen LogP contribution is -2.32. The molecule has 1 aromatic rings. The molecule has 1 unspecified atom stereocenters. The van der Waals surface area contributed by atoms with Crippen molar-refractivity contribution in [1.29, 1.82) is 0 Å². The molecule has 0 amide bonds. The molecule has 1 N–H and O–H groups in total. The average molecular weight is 237 g/mol. The molecule has 1 aliphatic rings. The van der Waals surface area contributed by atoms with E-state index in [1.165, 1.54) is 26.4 Å². The van der Waals surface area contributed by atoms with E-state index >= 15 is 0 Å². The van der Waals surface area contributed by atoms with Crippen molar-refractivity contribution in [3.63, 3.8) is 0 Å². The van der Waals surface area contributed by atoms with Crippen LogP contribution in [-0.2, 0) is 0 Å². The van der Waals surface area contributed by atoms with Crippen LogP contribution in [0.5, 0.6) is 5.75 Å². The second kappa shape index (κ2) is 5.50. The van der Waals surface area contributed by atoms with Gasteiger partial charge in [-0.1, -0.05) is 19.4 Å². The molecular formula is C14H20FNO. The van der Waals surface area contributed by atoms with Crippen molar-refractivity contribution in [3.8, 4) is 5.75 Å². The number of methoxy groups -OCH3 is 1. The Morgan fingerprint density at radius 3 is 2.71 bits per heavy atom. The summed E-state index contributed by atoms with van der Waals surface area (Å²) in [6.45, 7) is 3.00. The minimum atomic E-state index is -0.271. The summed E-state index contributed by atoms with van der Waals surface area (Å²) in [7, 11) is 1.49. The lowest BCUT2D eigenvalue weighted by molar-refractivity contribution is 0.232. The van der Waals surface area contributed by atoms with Crippen molar-refractivity contribution in [2.24, 2.45) is 5.92 Å². The van der Waals surface area contributed by atoms with Crippen molar-refractivity contribution in [3.05, 3.63) is 29.6 Å². The van der Waals surface area contributed by atoms with Crippen molar-refractivity contribution in [2.75, 3.05) is 13.7 Å². The predicted octanol–water partition coefficient (Wildman–Crippen LogP) is 3.29. The molecule has 1 aromatic carbocycles. The molecule has 0 saturated heterocycles. The van der Waals surface area contributed by atoms with Gasteiger partial charge in [0.25, 0.3) is 0 Å². The van der Waals surface area contributed by atoms with E-state index < -0.39 is 0 Å². The van der Waals surface area contributed by atoms with Gasteiger partial charge >= 0.3 is 0 Å². The molecule has 1 aliphatic carbocycles. The zero-order valence-corrected chi connectivity index (χ0v) is 10.5. The minimum absolute atomic E-state index is 0.271. The fourth-order valence-electron chi connectivity index (χ4n) is 2.43. The van der Waals surface area contributed by atoms with Crippen LogP contribution >= 0.6 is 0 Å². The van der Waals surface area contributed by atoms with Gasteiger partial charge in [0.2, 0.25) is 0 Å². The highest BCUT2D eigenvalue weighted by Crippen LogP contribution is 2.38. The van der Waals surface area contributed by atoms with Gasteiger partial charge in [0.1, 0.15) is 0 Å². The van der Waals surface area contributed by atoms with Crippen LogP contribution in [0.2, 0.25) is 0 Å². The first-order chi connectivity index (χ1) is 8.26. The van der Waals surface area contributed by atoms with Gasteiger partial charge in [-0.25, -0.2) is 4.39 Å². The monoisotopic (exact) mass is 237 g/mol. The zero-order valence-electron chi connectivity index (χ0n) is 10.5. The SMILES string of the molecule is CCNC(c1ccc(OC)c(F)c1)C1CCC1. The number of halogens is 1. The molecule has 0 spiro atoms. The zero-order chi connectivity index (χ0) is 12.3. The highest BCUT2D eigenvalue weighted by molar-refractivity contribution is 5.31. The number of hydrogen-bond acceptors (Lipinski definition) is 2. The molecule has 1 fully saturated rings. The first-order valence-corrected chi connectivity index (χ1v) is 6.33. The number of rotatable bonds is 5. The van der Waals surface area contributed by atoms with E-state index in [0.717, 1.165) is 12.1 Å². The highest BCUT2D eigenvalue weighted by atomic mass is 19.1. The Kier molecular flexibility index (Phi) is 4.00. The van der Waals surface area contributed by atoms with E-state index in [2.05, 4.69) is 12.2 Å². The van der Waals surface area contributed by atoms with Crippen LogP contribution in [0.15, 0.2) is 18.2 Å². The highest BCUT2D eigenvalue weighted by Gasteiger charge is 2.28. The third-order valence-corrected chi connectivity index (χ3v) is 3.58. The van der Waals surface area contributed by atoms with Gasteiger partial charge in [0.15, 0.2) is 11.6 Å². The third kappa shape index (κ3) is 2.60. The van der Waals surface area contributed by atoms with Crippen LogP contribution in [0, 0.1) is 11.7 Å². The van der Waals surface area contributed by atoms with Crippen LogP contribution in [0.1, 0.15) is 37.8 Å². The largest absolute Gasteiger partial charge is 0.494 e. The summed E-state index contributed by atoms with van der Waals surface area (Å²) in [5.41, 5.74) is 1.04. The number of ether oxygens (including phenoxy) is 1. The van der Waals surface area contributed by atoms with E-state index in [1.54, 1.807) is 12.1 Å². The van der Waals surface area contributed by atoms with Crippen LogP contribution in [0.3, 0.4) is 0 Å². The summed E-state index contributed by atoms with van der Waals surface area (Å²) in [6, 6.07) is 5.57. The Morgan fingerprint density at radius 1 is 1.47 bits per heavy atom. The summed E-state index contributed by atoms with van der Waals surface area (Å²) < 4.78 is 18.6. The smallest absolute Gasteiger partial charge is 0.165 e. The molecule has 2 nitrogen and oxygen atoms in total. The van der Waals surface area contributed by atoms with Gasteiger partial charge in [0, 0.05) is 6.04 Å². The average Bonchev–Trinajstić information content (AvgIpc) is 2.26. The summed E-state index contributed by atoms with van der Waals surface area (Å²) in [6.07, 6.45) is 3.78. The first-order valence-electron chi connectivity index (χ1n) is 6.33. The summed E-state index contributed by atoms with van der Waals surface area (Å²) in [5, 5.41) is 3.46. The maximum Gasteiger partial charge on any atom is 0.165 e. The molecule has 0 heterocycles. The second-order valence-electron chi connectivity index (χ2n) is 4.62. The number of nitrogens with one attached hydrogen (secondary N) is 1. The lowest BCUT2D eigenvalue weighted by atomic mass is 9.77. The van der Waals surface area contributed by atoms with Crippen molar-refractivity contribution < 1.29 is 9.13 Å². The molecule has 2 rings (SSSR count). The van der Waals surface area contributed by atoms with Crippen molar-refractivity contribution in [1.82, 2.24) is 5.32 Å². The Balaban J connectivity index is 2.19. The molecule has 0 aliphatic heterocycles. The van der Waals surface area contributed by atoms with E-state index in [1.807, 2.05) is 6.07 Å². The fraction of sp³-hybridized carbons (Fsp3) is 0.571. The summed E-state index contributed by atoms with van der Waals surface area (Å²) >= 11 is 0. The van der Waals surface area contributed by atoms with Crippen LogP contribution in [0.4, 0.5) is 4.39 Å². The van der Waals surface area contributed by atoms with Gasteiger partial charge in [-0.3, -0.25) is 0 Å². The van der Waals surface area contributed by atoms with Crippen LogP contribution < -0.4 is 10.1 Å². The van der Waals surface area contributed by atoms with Crippen molar-refractivity contribution in [2.45, 2.75) is 32.2 Å². The normalized spacial score (nSPS) is 17.6. The lowest BCUT2D eigenvalue weighted by Gasteiger charge is -2.34. The molecule has 1 saturated carbocycles. The van der Waals surface area contributed by atoms with E-state index in [4.69, 9.17) is 4.74 Å². The predicted molar refractivity (Wildman–Crippen MR) is 66.7 cm³/mol. The second-order valence-corrected chi connectivity index (χ2v) is 4.62. The third-order valence-electron chi connectivity index (χ3n) is 3.58. The fourth-order valence-corrected chi connectivity index (χ4v) is 2.43. The Labute approximate surface area is 102 Å². The molecule has 1 atom stereocenters. The molecule has 17 heavy (non-hydrogen) atoms. The maximum atomic E-state index is 13.7.